The standard InChI is InChI=1S/C12H9Cl2N3O/c13-8-2-1-6(3-9(8)14)7-4-15-11-10(7)12(18)17-5-16-11/h1-3,5,7H,4H2,(H2,15,16,17,18)/t7-/m1/s1. The molecule has 1 aromatic heterocycles. The smallest absolute Gasteiger partial charge is 0.256 e. The molecule has 1 aliphatic heterocycles. The van der Waals surface area contributed by atoms with Crippen LogP contribution in [-0.4, -0.2) is 16.5 Å². The summed E-state index contributed by atoms with van der Waals surface area (Å²) in [6.45, 7) is 0.632. The first-order chi connectivity index (χ1) is 8.66. The van der Waals surface area contributed by atoms with Crippen LogP contribution >= 0.6 is 23.2 Å². The van der Waals surface area contributed by atoms with Gasteiger partial charge in [-0.15, -0.1) is 0 Å². The highest BCUT2D eigenvalue weighted by molar-refractivity contribution is 6.42. The first-order valence-corrected chi connectivity index (χ1v) is 6.19. The summed E-state index contributed by atoms with van der Waals surface area (Å²) in [6, 6.07) is 5.40. The molecule has 1 atom stereocenters. The second-order valence-corrected chi connectivity index (χ2v) is 4.92. The minimum Gasteiger partial charge on any atom is -0.369 e. The predicted molar refractivity (Wildman–Crippen MR) is 71.7 cm³/mol. The van der Waals surface area contributed by atoms with Crippen LogP contribution in [0.15, 0.2) is 29.3 Å². The molecule has 0 aliphatic carbocycles. The monoisotopic (exact) mass is 281 g/mol. The number of halogens is 2. The number of H-pyrrole nitrogens is 1. The van der Waals surface area contributed by atoms with Crippen LogP contribution in [0.4, 0.5) is 5.82 Å². The molecule has 18 heavy (non-hydrogen) atoms. The molecule has 0 fully saturated rings. The maximum atomic E-state index is 11.9. The SMILES string of the molecule is O=c1[nH]cnc2c1[C@@H](c1ccc(Cl)c(Cl)c1)CN2. The van der Waals surface area contributed by atoms with Gasteiger partial charge in [-0.05, 0) is 17.7 Å². The maximum absolute atomic E-state index is 11.9. The number of nitrogens with one attached hydrogen (secondary N) is 2. The van der Waals surface area contributed by atoms with Gasteiger partial charge in [0.2, 0.25) is 0 Å². The van der Waals surface area contributed by atoms with Gasteiger partial charge in [-0.3, -0.25) is 4.79 Å². The van der Waals surface area contributed by atoms with E-state index in [1.54, 1.807) is 12.1 Å². The molecule has 0 bridgehead atoms. The van der Waals surface area contributed by atoms with Crippen molar-refractivity contribution in [2.24, 2.45) is 0 Å². The zero-order valence-corrected chi connectivity index (χ0v) is 10.7. The number of benzene rings is 1. The van der Waals surface area contributed by atoms with Crippen molar-refractivity contribution in [3.8, 4) is 0 Å². The second kappa shape index (κ2) is 4.30. The van der Waals surface area contributed by atoms with Crippen molar-refractivity contribution < 1.29 is 0 Å². The summed E-state index contributed by atoms with van der Waals surface area (Å²) >= 11 is 11.9. The fourth-order valence-electron chi connectivity index (χ4n) is 2.19. The lowest BCUT2D eigenvalue weighted by molar-refractivity contribution is 0.887. The molecule has 3 rings (SSSR count). The Morgan fingerprint density at radius 1 is 1.28 bits per heavy atom. The van der Waals surface area contributed by atoms with Crippen LogP contribution in [0.25, 0.3) is 0 Å². The van der Waals surface area contributed by atoms with Crippen molar-refractivity contribution in [1.29, 1.82) is 0 Å². The third kappa shape index (κ3) is 1.78. The van der Waals surface area contributed by atoms with E-state index >= 15 is 0 Å². The molecular weight excluding hydrogens is 273 g/mol. The average molecular weight is 282 g/mol. The van der Waals surface area contributed by atoms with Crippen molar-refractivity contribution in [2.45, 2.75) is 5.92 Å². The van der Waals surface area contributed by atoms with Crippen molar-refractivity contribution >= 4 is 29.0 Å². The van der Waals surface area contributed by atoms with Gasteiger partial charge in [-0.25, -0.2) is 4.98 Å². The van der Waals surface area contributed by atoms with Crippen molar-refractivity contribution in [3.63, 3.8) is 0 Å². The summed E-state index contributed by atoms with van der Waals surface area (Å²) < 4.78 is 0. The summed E-state index contributed by atoms with van der Waals surface area (Å²) in [4.78, 5) is 18.6. The summed E-state index contributed by atoms with van der Waals surface area (Å²) in [6.07, 6.45) is 1.39. The van der Waals surface area contributed by atoms with Crippen LogP contribution in [0.2, 0.25) is 10.0 Å². The number of aromatic nitrogens is 2. The molecule has 0 spiro atoms. The topological polar surface area (TPSA) is 57.8 Å². The van der Waals surface area contributed by atoms with Gasteiger partial charge in [0.1, 0.15) is 5.82 Å². The van der Waals surface area contributed by atoms with Crippen molar-refractivity contribution in [1.82, 2.24) is 9.97 Å². The minimum atomic E-state index is -0.124. The number of hydrogen-bond acceptors (Lipinski definition) is 3. The third-order valence-corrected chi connectivity index (χ3v) is 3.80. The van der Waals surface area contributed by atoms with Gasteiger partial charge >= 0.3 is 0 Å². The Bertz CT molecular complexity index is 669. The Labute approximate surface area is 113 Å². The van der Waals surface area contributed by atoms with Gasteiger partial charge in [0.25, 0.3) is 5.56 Å². The van der Waals surface area contributed by atoms with E-state index in [1.807, 2.05) is 6.07 Å². The number of rotatable bonds is 1. The molecule has 0 radical (unpaired) electrons. The molecule has 2 heterocycles. The normalized spacial score (nSPS) is 17.3. The van der Waals surface area contributed by atoms with E-state index in [1.165, 1.54) is 6.33 Å². The fourth-order valence-corrected chi connectivity index (χ4v) is 2.50. The Hall–Kier alpha value is -1.52. The largest absolute Gasteiger partial charge is 0.369 e. The molecule has 1 aromatic carbocycles. The first-order valence-electron chi connectivity index (χ1n) is 5.43. The van der Waals surface area contributed by atoms with Crippen LogP contribution in [0, 0.1) is 0 Å². The van der Waals surface area contributed by atoms with Crippen molar-refractivity contribution in [2.75, 3.05) is 11.9 Å². The van der Waals surface area contributed by atoms with E-state index < -0.39 is 0 Å². The maximum Gasteiger partial charge on any atom is 0.256 e. The minimum absolute atomic E-state index is 0.0489. The molecule has 2 N–H and O–H groups in total. The lowest BCUT2D eigenvalue weighted by Crippen LogP contribution is -2.15. The van der Waals surface area contributed by atoms with Crippen LogP contribution in [0.1, 0.15) is 17.0 Å². The third-order valence-electron chi connectivity index (χ3n) is 3.06. The second-order valence-electron chi connectivity index (χ2n) is 4.10. The molecule has 0 amide bonds. The van der Waals surface area contributed by atoms with Crippen LogP contribution in [0.5, 0.6) is 0 Å². The van der Waals surface area contributed by atoms with Gasteiger partial charge in [-0.2, -0.15) is 0 Å². The van der Waals surface area contributed by atoms with Gasteiger partial charge in [0, 0.05) is 12.5 Å². The van der Waals surface area contributed by atoms with Gasteiger partial charge in [0.15, 0.2) is 0 Å². The summed E-state index contributed by atoms with van der Waals surface area (Å²) in [7, 11) is 0. The highest BCUT2D eigenvalue weighted by Crippen LogP contribution is 2.34. The van der Waals surface area contributed by atoms with Gasteiger partial charge in [0.05, 0.1) is 21.9 Å². The van der Waals surface area contributed by atoms with E-state index in [0.717, 1.165) is 5.56 Å². The zero-order valence-electron chi connectivity index (χ0n) is 9.21. The van der Waals surface area contributed by atoms with E-state index in [-0.39, 0.29) is 11.5 Å². The van der Waals surface area contributed by atoms with E-state index in [0.29, 0.717) is 28.0 Å². The van der Waals surface area contributed by atoms with Gasteiger partial charge in [-0.1, -0.05) is 29.3 Å². The molecule has 0 unspecified atom stereocenters. The van der Waals surface area contributed by atoms with E-state index in [9.17, 15) is 4.79 Å². The average Bonchev–Trinajstić information content (AvgIpc) is 2.78. The summed E-state index contributed by atoms with van der Waals surface area (Å²) in [5, 5.41) is 4.11. The summed E-state index contributed by atoms with van der Waals surface area (Å²) in [5.74, 6) is 0.585. The Kier molecular flexibility index (Phi) is 2.76. The number of hydrogen-bond donors (Lipinski definition) is 2. The molecular formula is C12H9Cl2N3O. The molecule has 6 heteroatoms. The van der Waals surface area contributed by atoms with Gasteiger partial charge < -0.3 is 10.3 Å². The van der Waals surface area contributed by atoms with E-state index in [4.69, 9.17) is 23.2 Å². The highest BCUT2D eigenvalue weighted by Gasteiger charge is 2.28. The number of fused-ring (bicyclic) bond motifs is 1. The fraction of sp³-hybridized carbons (Fsp3) is 0.167. The molecule has 4 nitrogen and oxygen atoms in total. The number of nitrogens with zero attached hydrogens (tertiary/aromatic N) is 1. The molecule has 2 aromatic rings. The predicted octanol–water partition coefficient (Wildman–Crippen LogP) is 2.63. The van der Waals surface area contributed by atoms with Crippen LogP contribution in [-0.2, 0) is 0 Å². The Morgan fingerprint density at radius 2 is 2.11 bits per heavy atom. The number of aromatic amines is 1. The Balaban J connectivity index is 2.11. The molecule has 1 aliphatic rings. The first kappa shape index (κ1) is 11.6. The summed E-state index contributed by atoms with van der Waals surface area (Å²) in [5.41, 5.74) is 1.48. The van der Waals surface area contributed by atoms with Crippen LogP contribution in [0.3, 0.4) is 0 Å². The van der Waals surface area contributed by atoms with Crippen LogP contribution < -0.4 is 10.9 Å². The number of anilines is 1. The quantitative estimate of drug-likeness (QED) is 0.845. The highest BCUT2D eigenvalue weighted by atomic mass is 35.5. The van der Waals surface area contributed by atoms with Crippen molar-refractivity contribution in [3.05, 3.63) is 56.1 Å². The molecule has 92 valence electrons. The molecule has 0 saturated carbocycles. The zero-order chi connectivity index (χ0) is 12.7. The lowest BCUT2D eigenvalue weighted by Gasteiger charge is -2.10. The van der Waals surface area contributed by atoms with E-state index in [2.05, 4.69) is 15.3 Å². The molecule has 0 saturated heterocycles. The Morgan fingerprint density at radius 3 is 2.89 bits per heavy atom. The lowest BCUT2D eigenvalue weighted by atomic mass is 9.95.